The minimum atomic E-state index is -3.36. The Kier molecular flexibility index (Phi) is 1.20. The van der Waals surface area contributed by atoms with Crippen molar-refractivity contribution in [1.82, 2.24) is 0 Å². The van der Waals surface area contributed by atoms with Crippen molar-refractivity contribution in [3.8, 4) is 0 Å². The van der Waals surface area contributed by atoms with Gasteiger partial charge in [-0.1, -0.05) is 0 Å². The summed E-state index contributed by atoms with van der Waals surface area (Å²) in [4.78, 5) is 19.8. The largest absolute Gasteiger partial charge is 1.15 e. The van der Waals surface area contributed by atoms with Crippen LogP contribution in [0.15, 0.2) is 0 Å². The second-order valence-corrected chi connectivity index (χ2v) is 2.11. The standard InChI is InChI=1S/C2H2O4.Al.FH/c3-1(4)2(5)6;;/h(H,3,4)(H,5,6);;1H/q;+3;/p-3. The second-order valence-electron chi connectivity index (χ2n) is 1.09. The molecule has 1 rings (SSSR count). The van der Waals surface area contributed by atoms with Crippen LogP contribution in [0.4, 0.5) is 3.52 Å². The van der Waals surface area contributed by atoms with Crippen LogP contribution in [0.3, 0.4) is 0 Å². The van der Waals surface area contributed by atoms with Gasteiger partial charge in [-0.05, 0) is 0 Å². The van der Waals surface area contributed by atoms with Crippen LogP contribution < -0.4 is 0 Å². The molecule has 1 fully saturated rings. The van der Waals surface area contributed by atoms with E-state index in [9.17, 15) is 13.1 Å². The zero-order chi connectivity index (χ0) is 6.15. The zero-order valence-corrected chi connectivity index (χ0v) is 4.74. The first-order valence-corrected chi connectivity index (χ1v) is 3.14. The Morgan fingerprint density at radius 1 is 1.25 bits per heavy atom. The normalized spacial score (nSPS) is 18.4. The average molecular weight is 134 g/mol. The molecule has 0 bridgehead atoms. The molecule has 42 valence electrons. The highest BCUT2D eigenvalue weighted by molar-refractivity contribution is 6.55. The molecule has 0 atom stereocenters. The quantitative estimate of drug-likeness (QED) is 0.316. The van der Waals surface area contributed by atoms with E-state index in [0.717, 1.165) is 0 Å². The van der Waals surface area contributed by atoms with Crippen molar-refractivity contribution >= 4 is 27.2 Å². The third-order valence-corrected chi connectivity index (χ3v) is 1.36. The number of carbonyl (C=O) groups is 2. The van der Waals surface area contributed by atoms with Gasteiger partial charge in [0, 0.05) is 0 Å². The fraction of sp³-hybridized carbons (Fsp3) is 0. The molecular formula is C2AlFO4. The summed E-state index contributed by atoms with van der Waals surface area (Å²) in [5.74, 6) is -2.44. The van der Waals surface area contributed by atoms with Gasteiger partial charge in [-0.15, -0.1) is 0 Å². The van der Waals surface area contributed by atoms with Crippen LogP contribution in [0.2, 0.25) is 0 Å². The summed E-state index contributed by atoms with van der Waals surface area (Å²) in [6.45, 7) is 0. The first-order valence-electron chi connectivity index (χ1n) is 1.76. The highest BCUT2D eigenvalue weighted by atomic mass is 27.3. The molecule has 0 aromatic rings. The van der Waals surface area contributed by atoms with E-state index in [0.29, 0.717) is 0 Å². The Labute approximate surface area is 48.7 Å². The second kappa shape index (κ2) is 1.73. The number of hydrogen-bond donors (Lipinski definition) is 0. The summed E-state index contributed by atoms with van der Waals surface area (Å²) in [5, 5.41) is 0. The lowest BCUT2D eigenvalue weighted by atomic mass is 10.7. The molecule has 0 spiro atoms. The van der Waals surface area contributed by atoms with E-state index in [-0.39, 0.29) is 0 Å². The topological polar surface area (TPSA) is 52.6 Å². The number of halogens is 1. The molecule has 1 aliphatic rings. The van der Waals surface area contributed by atoms with Gasteiger partial charge < -0.3 is 11.1 Å². The van der Waals surface area contributed by atoms with E-state index in [1.807, 2.05) is 0 Å². The van der Waals surface area contributed by atoms with Crippen LogP contribution in [0.5, 0.6) is 0 Å². The van der Waals surface area contributed by atoms with Gasteiger partial charge in [0.05, 0.1) is 0 Å². The van der Waals surface area contributed by atoms with Gasteiger partial charge in [-0.2, -0.15) is 0 Å². The van der Waals surface area contributed by atoms with E-state index in [2.05, 4.69) is 7.58 Å². The lowest BCUT2D eigenvalue weighted by Gasteiger charge is -1.79. The molecule has 1 heterocycles. The van der Waals surface area contributed by atoms with Gasteiger partial charge in [0.1, 0.15) is 0 Å². The summed E-state index contributed by atoms with van der Waals surface area (Å²) in [7, 11) is 0. The van der Waals surface area contributed by atoms with E-state index >= 15 is 0 Å². The summed E-state index contributed by atoms with van der Waals surface area (Å²) in [6, 6.07) is 0. The van der Waals surface area contributed by atoms with Crippen LogP contribution in [0.1, 0.15) is 0 Å². The van der Waals surface area contributed by atoms with Crippen LogP contribution in [-0.4, -0.2) is 27.2 Å². The maximum atomic E-state index is 11.7. The lowest BCUT2D eigenvalue weighted by Crippen LogP contribution is -2.05. The van der Waals surface area contributed by atoms with Crippen LogP contribution >= 0.6 is 0 Å². The highest BCUT2D eigenvalue weighted by Crippen LogP contribution is 2.01. The number of hydrogen-bond acceptors (Lipinski definition) is 4. The Morgan fingerprint density at radius 3 is 1.75 bits per heavy atom. The molecule has 0 amide bonds. The van der Waals surface area contributed by atoms with Crippen molar-refractivity contribution in [2.45, 2.75) is 0 Å². The minimum absolute atomic E-state index is 1.22. The first-order chi connectivity index (χ1) is 3.70. The van der Waals surface area contributed by atoms with Gasteiger partial charge in [-0.25, -0.2) is 9.59 Å². The van der Waals surface area contributed by atoms with Gasteiger partial charge in [0.25, 0.3) is 0 Å². The summed E-state index contributed by atoms with van der Waals surface area (Å²) in [5.41, 5.74) is 0. The lowest BCUT2D eigenvalue weighted by molar-refractivity contribution is -0.150. The molecular weight excluding hydrogens is 134 g/mol. The Bertz CT molecular complexity index is 129. The van der Waals surface area contributed by atoms with Gasteiger partial charge in [0.2, 0.25) is 0 Å². The van der Waals surface area contributed by atoms with Crippen molar-refractivity contribution < 1.29 is 20.7 Å². The van der Waals surface area contributed by atoms with E-state index < -0.39 is 27.2 Å². The Balaban J connectivity index is 2.64. The number of rotatable bonds is 0. The molecule has 8 heavy (non-hydrogen) atoms. The van der Waals surface area contributed by atoms with Crippen LogP contribution in [0.25, 0.3) is 0 Å². The molecule has 0 aliphatic carbocycles. The molecule has 4 nitrogen and oxygen atoms in total. The van der Waals surface area contributed by atoms with Crippen LogP contribution in [0, 0.1) is 0 Å². The SMILES string of the molecule is O=C1[O][Al]([F])[O]C1=O. The fourth-order valence-electron chi connectivity index (χ4n) is 0.289. The summed E-state index contributed by atoms with van der Waals surface area (Å²) < 4.78 is 19.1. The van der Waals surface area contributed by atoms with Gasteiger partial charge >= 0.3 is 27.2 Å². The maximum absolute atomic E-state index is 11.7. The summed E-state index contributed by atoms with van der Waals surface area (Å²) >= 11 is -3.36. The van der Waals surface area contributed by atoms with E-state index in [1.165, 1.54) is 0 Å². The van der Waals surface area contributed by atoms with Crippen molar-refractivity contribution in [3.63, 3.8) is 0 Å². The molecule has 6 heteroatoms. The van der Waals surface area contributed by atoms with Gasteiger partial charge in [-0.3, -0.25) is 0 Å². The first kappa shape index (κ1) is 5.54. The molecule has 0 aromatic heterocycles. The highest BCUT2D eigenvalue weighted by Gasteiger charge is 2.51. The predicted molar refractivity (Wildman–Crippen MR) is 19.0 cm³/mol. The van der Waals surface area contributed by atoms with Crippen molar-refractivity contribution in [3.05, 3.63) is 0 Å². The van der Waals surface area contributed by atoms with Crippen molar-refractivity contribution in [1.29, 1.82) is 0 Å². The maximum Gasteiger partial charge on any atom is 1.15 e. The monoisotopic (exact) mass is 134 g/mol. The number of carbonyl (C=O) groups excluding carboxylic acids is 2. The summed E-state index contributed by atoms with van der Waals surface area (Å²) in [6.07, 6.45) is 0. The molecule has 0 aromatic carbocycles. The zero-order valence-electron chi connectivity index (χ0n) is 3.59. The molecule has 0 radical (unpaired) electrons. The van der Waals surface area contributed by atoms with Gasteiger partial charge in [0.15, 0.2) is 0 Å². The van der Waals surface area contributed by atoms with E-state index in [4.69, 9.17) is 0 Å². The molecule has 0 unspecified atom stereocenters. The smallest absolute Gasteiger partial charge is 0.550 e. The molecule has 1 aliphatic heterocycles. The molecule has 1 saturated heterocycles. The fourth-order valence-corrected chi connectivity index (χ4v) is 0.866. The van der Waals surface area contributed by atoms with Crippen LogP contribution in [-0.2, 0) is 17.2 Å². The van der Waals surface area contributed by atoms with E-state index in [1.54, 1.807) is 0 Å². The Hall–Kier alpha value is -0.598. The third-order valence-electron chi connectivity index (χ3n) is 0.566. The minimum Gasteiger partial charge on any atom is -0.550 e. The molecule has 0 saturated carbocycles. The van der Waals surface area contributed by atoms with Crippen molar-refractivity contribution in [2.24, 2.45) is 0 Å². The molecule has 0 N–H and O–H groups in total. The van der Waals surface area contributed by atoms with Crippen molar-refractivity contribution in [2.75, 3.05) is 0 Å². The Morgan fingerprint density at radius 2 is 1.62 bits per heavy atom. The predicted octanol–water partition coefficient (Wildman–Crippen LogP) is -0.959. The third kappa shape index (κ3) is 0.805. The average Bonchev–Trinajstić information content (AvgIpc) is 1.85.